The Morgan fingerprint density at radius 3 is 2.67 bits per heavy atom. The van der Waals surface area contributed by atoms with Crippen LogP contribution in [-0.4, -0.2) is 19.9 Å². The minimum atomic E-state index is -3.43. The number of hydrogen-bond donors (Lipinski definition) is 3. The normalized spacial score (nSPS) is 11.3. The first-order chi connectivity index (χ1) is 7.10. The van der Waals surface area contributed by atoms with E-state index < -0.39 is 10.0 Å². The molecular formula is C8H14N4O2S. The van der Waals surface area contributed by atoms with Gasteiger partial charge in [0.15, 0.2) is 0 Å². The molecule has 0 spiro atoms. The lowest BCUT2D eigenvalue weighted by molar-refractivity contribution is 0.580. The predicted octanol–water partition coefficient (Wildman–Crippen LogP) is 0.0555. The van der Waals surface area contributed by atoms with Crippen LogP contribution >= 0.6 is 0 Å². The first-order valence-corrected chi connectivity index (χ1v) is 6.01. The van der Waals surface area contributed by atoms with Gasteiger partial charge in [-0.05, 0) is 18.6 Å². The van der Waals surface area contributed by atoms with E-state index >= 15 is 0 Å². The summed E-state index contributed by atoms with van der Waals surface area (Å²) < 4.78 is 25.6. The number of pyridine rings is 1. The summed E-state index contributed by atoms with van der Waals surface area (Å²) in [6, 6.07) is 2.95. The van der Waals surface area contributed by atoms with Crippen LogP contribution in [0.4, 0.5) is 5.82 Å². The number of rotatable bonds is 5. The Labute approximate surface area is 88.9 Å². The zero-order valence-corrected chi connectivity index (χ0v) is 9.21. The Balaban J connectivity index is 2.86. The van der Waals surface area contributed by atoms with Crippen molar-refractivity contribution in [3.05, 3.63) is 18.3 Å². The fraction of sp³-hybridized carbons (Fsp3) is 0.375. The molecule has 0 aromatic carbocycles. The summed E-state index contributed by atoms with van der Waals surface area (Å²) in [6.07, 6.45) is 2.00. The minimum absolute atomic E-state index is 0.134. The van der Waals surface area contributed by atoms with Crippen LogP contribution in [0.25, 0.3) is 0 Å². The molecule has 7 heteroatoms. The quantitative estimate of drug-likeness (QED) is 0.490. The third-order valence-electron chi connectivity index (χ3n) is 1.74. The molecule has 84 valence electrons. The average molecular weight is 230 g/mol. The average Bonchev–Trinajstić information content (AvgIpc) is 2.26. The van der Waals surface area contributed by atoms with Crippen molar-refractivity contribution in [3.63, 3.8) is 0 Å². The molecule has 0 unspecified atom stereocenters. The highest BCUT2D eigenvalue weighted by atomic mass is 32.2. The summed E-state index contributed by atoms with van der Waals surface area (Å²) in [6.45, 7) is 2.31. The summed E-state index contributed by atoms with van der Waals surface area (Å²) in [5.74, 6) is 5.53. The number of aromatic nitrogens is 1. The van der Waals surface area contributed by atoms with Crippen LogP contribution in [0.1, 0.15) is 13.3 Å². The van der Waals surface area contributed by atoms with Gasteiger partial charge in [0, 0.05) is 12.7 Å². The van der Waals surface area contributed by atoms with E-state index in [1.54, 1.807) is 0 Å². The highest BCUT2D eigenvalue weighted by Gasteiger charge is 2.12. The smallest absolute Gasteiger partial charge is 0.242 e. The van der Waals surface area contributed by atoms with Gasteiger partial charge in [-0.1, -0.05) is 6.92 Å². The number of nitrogens with two attached hydrogens (primary N) is 1. The van der Waals surface area contributed by atoms with Crippen LogP contribution in [0, 0.1) is 0 Å². The van der Waals surface area contributed by atoms with E-state index in [0.717, 1.165) is 6.42 Å². The third kappa shape index (κ3) is 3.15. The molecule has 0 saturated heterocycles. The van der Waals surface area contributed by atoms with E-state index in [4.69, 9.17) is 5.84 Å². The van der Waals surface area contributed by atoms with Gasteiger partial charge in [-0.15, -0.1) is 0 Å². The second-order valence-corrected chi connectivity index (χ2v) is 4.69. The molecule has 0 radical (unpaired) electrons. The summed E-state index contributed by atoms with van der Waals surface area (Å²) in [5.41, 5.74) is 2.32. The molecule has 1 rings (SSSR count). The first kappa shape index (κ1) is 11.9. The molecule has 0 aliphatic rings. The highest BCUT2D eigenvalue weighted by Crippen LogP contribution is 2.09. The van der Waals surface area contributed by atoms with Gasteiger partial charge in [-0.3, -0.25) is 0 Å². The zero-order valence-electron chi connectivity index (χ0n) is 8.40. The van der Waals surface area contributed by atoms with Crippen LogP contribution in [-0.2, 0) is 10.0 Å². The number of nitrogens with one attached hydrogen (secondary N) is 2. The number of nitrogen functional groups attached to an aromatic ring is 1. The van der Waals surface area contributed by atoms with Crippen LogP contribution in [0.15, 0.2) is 23.2 Å². The Morgan fingerprint density at radius 2 is 2.20 bits per heavy atom. The van der Waals surface area contributed by atoms with E-state index in [9.17, 15) is 8.42 Å². The molecule has 0 atom stereocenters. The molecule has 0 aliphatic carbocycles. The number of nitrogens with zero attached hydrogens (tertiary/aromatic N) is 1. The Morgan fingerprint density at radius 1 is 1.47 bits per heavy atom. The zero-order chi connectivity index (χ0) is 11.3. The fourth-order valence-corrected chi connectivity index (χ4v) is 2.02. The monoisotopic (exact) mass is 230 g/mol. The van der Waals surface area contributed by atoms with Gasteiger partial charge in [-0.2, -0.15) is 0 Å². The molecule has 1 aromatic rings. The van der Waals surface area contributed by atoms with Crippen molar-refractivity contribution >= 4 is 15.8 Å². The van der Waals surface area contributed by atoms with Gasteiger partial charge in [0.2, 0.25) is 10.0 Å². The standard InChI is InChI=1S/C8H14N4O2S/c1-2-5-11-15(13,14)7-3-4-8(12-9)10-6-7/h3-4,6,11H,2,5,9H2,1H3,(H,10,12). The van der Waals surface area contributed by atoms with Crippen molar-refractivity contribution in [2.24, 2.45) is 5.84 Å². The van der Waals surface area contributed by atoms with Gasteiger partial charge in [0.25, 0.3) is 0 Å². The molecule has 6 nitrogen and oxygen atoms in total. The molecule has 0 saturated carbocycles. The van der Waals surface area contributed by atoms with Crippen molar-refractivity contribution in [3.8, 4) is 0 Å². The highest BCUT2D eigenvalue weighted by molar-refractivity contribution is 7.89. The molecule has 1 aromatic heterocycles. The van der Waals surface area contributed by atoms with Gasteiger partial charge < -0.3 is 5.43 Å². The number of hydrogen-bond acceptors (Lipinski definition) is 5. The molecule has 0 amide bonds. The van der Waals surface area contributed by atoms with Crippen LogP contribution in [0.5, 0.6) is 0 Å². The number of hydrazine groups is 1. The van der Waals surface area contributed by atoms with E-state index in [-0.39, 0.29) is 4.90 Å². The van der Waals surface area contributed by atoms with E-state index in [1.807, 2.05) is 6.92 Å². The van der Waals surface area contributed by atoms with E-state index in [1.165, 1.54) is 18.3 Å². The number of sulfonamides is 1. The minimum Gasteiger partial charge on any atom is -0.308 e. The number of anilines is 1. The van der Waals surface area contributed by atoms with Crippen molar-refractivity contribution in [2.45, 2.75) is 18.2 Å². The van der Waals surface area contributed by atoms with Gasteiger partial charge in [0.1, 0.15) is 10.7 Å². The lowest BCUT2D eigenvalue weighted by atomic mass is 10.5. The van der Waals surface area contributed by atoms with Crippen LogP contribution < -0.4 is 16.0 Å². The second-order valence-electron chi connectivity index (χ2n) is 2.92. The summed E-state index contributed by atoms with van der Waals surface area (Å²) >= 11 is 0. The summed E-state index contributed by atoms with van der Waals surface area (Å²) in [7, 11) is -3.43. The lowest BCUT2D eigenvalue weighted by Gasteiger charge is -2.05. The van der Waals surface area contributed by atoms with Gasteiger partial charge >= 0.3 is 0 Å². The summed E-state index contributed by atoms with van der Waals surface area (Å²) in [4.78, 5) is 3.95. The molecule has 1 heterocycles. The van der Waals surface area contributed by atoms with Crippen molar-refractivity contribution < 1.29 is 8.42 Å². The van der Waals surface area contributed by atoms with Crippen LogP contribution in [0.3, 0.4) is 0 Å². The Hall–Kier alpha value is -1.18. The maximum Gasteiger partial charge on any atom is 0.242 e. The van der Waals surface area contributed by atoms with E-state index in [0.29, 0.717) is 12.4 Å². The van der Waals surface area contributed by atoms with Crippen molar-refractivity contribution in [1.29, 1.82) is 0 Å². The second kappa shape index (κ2) is 5.06. The predicted molar refractivity (Wildman–Crippen MR) is 57.5 cm³/mol. The van der Waals surface area contributed by atoms with Gasteiger partial charge in [-0.25, -0.2) is 24.0 Å². The van der Waals surface area contributed by atoms with Gasteiger partial charge in [0.05, 0.1) is 0 Å². The first-order valence-electron chi connectivity index (χ1n) is 4.52. The van der Waals surface area contributed by atoms with Crippen molar-refractivity contribution in [1.82, 2.24) is 9.71 Å². The van der Waals surface area contributed by atoms with Crippen LogP contribution in [0.2, 0.25) is 0 Å². The Kier molecular flexibility index (Phi) is 4.01. The summed E-state index contributed by atoms with van der Waals surface area (Å²) in [5, 5.41) is 0. The molecule has 4 N–H and O–H groups in total. The maximum atomic E-state index is 11.6. The molecule has 15 heavy (non-hydrogen) atoms. The largest absolute Gasteiger partial charge is 0.308 e. The molecule has 0 fully saturated rings. The molecule has 0 bridgehead atoms. The lowest BCUT2D eigenvalue weighted by Crippen LogP contribution is -2.24. The molecule has 0 aliphatic heterocycles. The van der Waals surface area contributed by atoms with Crippen molar-refractivity contribution in [2.75, 3.05) is 12.0 Å². The fourth-order valence-electron chi connectivity index (χ4n) is 0.944. The topological polar surface area (TPSA) is 97.1 Å². The Bertz CT molecular complexity index is 401. The van der Waals surface area contributed by atoms with E-state index in [2.05, 4.69) is 15.1 Å². The maximum absolute atomic E-state index is 11.6. The third-order valence-corrected chi connectivity index (χ3v) is 3.18. The molecular weight excluding hydrogens is 216 g/mol. The SMILES string of the molecule is CCCNS(=O)(=O)c1ccc(NN)nc1.